The number of hydrogen-bond acceptors (Lipinski definition) is 1. The lowest BCUT2D eigenvalue weighted by Gasteiger charge is -1.98. The SMILES string of the molecule is BrCC#Cc1cccc2cnccc12. The minimum Gasteiger partial charge on any atom is -0.264 e. The number of aromatic nitrogens is 1. The number of benzene rings is 1. The molecule has 1 heterocycles. The molecule has 0 aliphatic rings. The molecule has 0 N–H and O–H groups in total. The molecule has 0 aliphatic carbocycles. The van der Waals surface area contributed by atoms with Gasteiger partial charge in [-0.05, 0) is 12.1 Å². The summed E-state index contributed by atoms with van der Waals surface area (Å²) in [6, 6.07) is 8.06. The molecule has 2 heteroatoms. The van der Waals surface area contributed by atoms with Gasteiger partial charge in [0.1, 0.15) is 0 Å². The summed E-state index contributed by atoms with van der Waals surface area (Å²) >= 11 is 3.28. The normalized spacial score (nSPS) is 9.50. The number of rotatable bonds is 0. The molecule has 68 valence electrons. The molecule has 14 heavy (non-hydrogen) atoms. The summed E-state index contributed by atoms with van der Waals surface area (Å²) in [7, 11) is 0. The van der Waals surface area contributed by atoms with Crippen molar-refractivity contribution in [2.24, 2.45) is 0 Å². The number of pyridine rings is 1. The van der Waals surface area contributed by atoms with Gasteiger partial charge < -0.3 is 0 Å². The summed E-state index contributed by atoms with van der Waals surface area (Å²) in [6.45, 7) is 0. The lowest BCUT2D eigenvalue weighted by molar-refractivity contribution is 1.36. The molecule has 2 aromatic rings. The number of fused-ring (bicyclic) bond motifs is 1. The second-order valence-corrected chi connectivity index (χ2v) is 3.40. The molecular formula is C12H8BrN. The van der Waals surface area contributed by atoms with Gasteiger partial charge in [-0.15, -0.1) is 0 Å². The molecule has 0 radical (unpaired) electrons. The van der Waals surface area contributed by atoms with Crippen LogP contribution in [0.1, 0.15) is 5.56 Å². The van der Waals surface area contributed by atoms with Crippen LogP contribution in [0.4, 0.5) is 0 Å². The highest BCUT2D eigenvalue weighted by Crippen LogP contribution is 2.16. The Morgan fingerprint density at radius 2 is 2.21 bits per heavy atom. The molecule has 0 saturated heterocycles. The zero-order chi connectivity index (χ0) is 9.80. The summed E-state index contributed by atoms with van der Waals surface area (Å²) in [6.07, 6.45) is 3.65. The summed E-state index contributed by atoms with van der Waals surface area (Å²) in [5.74, 6) is 6.12. The first-order chi connectivity index (χ1) is 6.92. The van der Waals surface area contributed by atoms with E-state index in [4.69, 9.17) is 0 Å². The van der Waals surface area contributed by atoms with E-state index in [2.05, 4.69) is 32.8 Å². The maximum Gasteiger partial charge on any atom is 0.0649 e. The first-order valence-corrected chi connectivity index (χ1v) is 5.41. The Balaban J connectivity index is 2.65. The van der Waals surface area contributed by atoms with E-state index in [9.17, 15) is 0 Å². The largest absolute Gasteiger partial charge is 0.264 e. The van der Waals surface area contributed by atoms with E-state index in [0.717, 1.165) is 16.3 Å². The van der Waals surface area contributed by atoms with Crippen LogP contribution in [-0.2, 0) is 0 Å². The fourth-order valence-corrected chi connectivity index (χ4v) is 1.50. The van der Waals surface area contributed by atoms with Crippen molar-refractivity contribution in [3.05, 3.63) is 42.2 Å². The Hall–Kier alpha value is -1.33. The molecule has 1 nitrogen and oxygen atoms in total. The summed E-state index contributed by atoms with van der Waals surface area (Å²) in [5.41, 5.74) is 1.06. The quantitative estimate of drug-likeness (QED) is 0.514. The molecule has 0 bridgehead atoms. The molecule has 0 amide bonds. The highest BCUT2D eigenvalue weighted by atomic mass is 79.9. The van der Waals surface area contributed by atoms with Crippen molar-refractivity contribution in [2.45, 2.75) is 0 Å². The first kappa shape index (κ1) is 9.23. The van der Waals surface area contributed by atoms with Crippen LogP contribution in [0, 0.1) is 11.8 Å². The number of alkyl halides is 1. The maximum atomic E-state index is 4.08. The average molecular weight is 246 g/mol. The molecule has 2 rings (SSSR count). The van der Waals surface area contributed by atoms with Crippen molar-refractivity contribution in [3.63, 3.8) is 0 Å². The standard InChI is InChI=1S/C12H8BrN/c13-7-2-5-10-3-1-4-11-9-14-8-6-12(10)11/h1,3-4,6,8-9H,7H2. The van der Waals surface area contributed by atoms with Crippen molar-refractivity contribution in [1.29, 1.82) is 0 Å². The molecule has 0 unspecified atom stereocenters. The summed E-state index contributed by atoms with van der Waals surface area (Å²) in [5, 5.41) is 3.00. The van der Waals surface area contributed by atoms with Crippen LogP contribution < -0.4 is 0 Å². The lowest BCUT2D eigenvalue weighted by atomic mass is 10.1. The van der Waals surface area contributed by atoms with E-state index in [1.54, 1.807) is 6.20 Å². The van der Waals surface area contributed by atoms with Crippen molar-refractivity contribution in [2.75, 3.05) is 5.33 Å². The monoisotopic (exact) mass is 245 g/mol. The second-order valence-electron chi connectivity index (χ2n) is 2.84. The van der Waals surface area contributed by atoms with Gasteiger partial charge in [0, 0.05) is 28.7 Å². The average Bonchev–Trinajstić information content (AvgIpc) is 2.26. The van der Waals surface area contributed by atoms with Crippen LogP contribution in [-0.4, -0.2) is 10.3 Å². The smallest absolute Gasteiger partial charge is 0.0649 e. The van der Waals surface area contributed by atoms with E-state index < -0.39 is 0 Å². The van der Waals surface area contributed by atoms with E-state index >= 15 is 0 Å². The van der Waals surface area contributed by atoms with Crippen molar-refractivity contribution >= 4 is 26.7 Å². The predicted molar refractivity (Wildman–Crippen MR) is 62.4 cm³/mol. The third-order valence-corrected chi connectivity index (χ3v) is 2.25. The number of nitrogens with zero attached hydrogens (tertiary/aromatic N) is 1. The van der Waals surface area contributed by atoms with E-state index in [1.165, 1.54) is 0 Å². The van der Waals surface area contributed by atoms with Crippen LogP contribution >= 0.6 is 15.9 Å². The summed E-state index contributed by atoms with van der Waals surface area (Å²) < 4.78 is 0. The Morgan fingerprint density at radius 3 is 3.07 bits per heavy atom. The lowest BCUT2D eigenvalue weighted by Crippen LogP contribution is -1.80. The fourth-order valence-electron chi connectivity index (χ4n) is 1.36. The van der Waals surface area contributed by atoms with Crippen LogP contribution in [0.2, 0.25) is 0 Å². The van der Waals surface area contributed by atoms with Crippen molar-refractivity contribution < 1.29 is 0 Å². The van der Waals surface area contributed by atoms with Crippen molar-refractivity contribution in [3.8, 4) is 11.8 Å². The Labute approximate surface area is 91.3 Å². The van der Waals surface area contributed by atoms with Crippen LogP contribution in [0.5, 0.6) is 0 Å². The number of halogens is 1. The fraction of sp³-hybridized carbons (Fsp3) is 0.0833. The van der Waals surface area contributed by atoms with Crippen LogP contribution in [0.3, 0.4) is 0 Å². The van der Waals surface area contributed by atoms with Gasteiger partial charge in [-0.1, -0.05) is 39.9 Å². The topological polar surface area (TPSA) is 12.9 Å². The molecular weight excluding hydrogens is 238 g/mol. The van der Waals surface area contributed by atoms with Gasteiger partial charge in [-0.25, -0.2) is 0 Å². The van der Waals surface area contributed by atoms with Gasteiger partial charge >= 0.3 is 0 Å². The Bertz CT molecular complexity index is 503. The van der Waals surface area contributed by atoms with Gasteiger partial charge in [0.2, 0.25) is 0 Å². The van der Waals surface area contributed by atoms with E-state index in [0.29, 0.717) is 5.33 Å². The van der Waals surface area contributed by atoms with Gasteiger partial charge in [-0.2, -0.15) is 0 Å². The third-order valence-electron chi connectivity index (χ3n) is 1.97. The van der Waals surface area contributed by atoms with E-state index in [-0.39, 0.29) is 0 Å². The first-order valence-electron chi connectivity index (χ1n) is 4.29. The Morgan fingerprint density at radius 1 is 1.29 bits per heavy atom. The third kappa shape index (κ3) is 1.78. The van der Waals surface area contributed by atoms with Gasteiger partial charge in [0.25, 0.3) is 0 Å². The van der Waals surface area contributed by atoms with E-state index in [1.807, 2.05) is 30.5 Å². The molecule has 0 spiro atoms. The highest BCUT2D eigenvalue weighted by Gasteiger charge is 1.95. The minimum atomic E-state index is 0.703. The molecule has 0 saturated carbocycles. The van der Waals surface area contributed by atoms with Crippen molar-refractivity contribution in [1.82, 2.24) is 4.98 Å². The zero-order valence-electron chi connectivity index (χ0n) is 7.50. The van der Waals surface area contributed by atoms with Gasteiger partial charge in [-0.3, -0.25) is 4.98 Å². The molecule has 0 atom stereocenters. The van der Waals surface area contributed by atoms with Gasteiger partial charge in [0.15, 0.2) is 0 Å². The predicted octanol–water partition coefficient (Wildman–Crippen LogP) is 2.98. The molecule has 1 aromatic heterocycles. The molecule has 0 aliphatic heterocycles. The minimum absolute atomic E-state index is 0.703. The van der Waals surface area contributed by atoms with Crippen LogP contribution in [0.25, 0.3) is 10.8 Å². The highest BCUT2D eigenvalue weighted by molar-refractivity contribution is 9.09. The summed E-state index contributed by atoms with van der Waals surface area (Å²) in [4.78, 5) is 4.08. The zero-order valence-corrected chi connectivity index (χ0v) is 9.08. The maximum absolute atomic E-state index is 4.08. The number of hydrogen-bond donors (Lipinski definition) is 0. The molecule has 0 fully saturated rings. The second kappa shape index (κ2) is 4.26. The van der Waals surface area contributed by atoms with Crippen LogP contribution in [0.15, 0.2) is 36.7 Å². The molecule has 1 aromatic carbocycles. The van der Waals surface area contributed by atoms with Gasteiger partial charge in [0.05, 0.1) is 5.33 Å². The Kier molecular flexibility index (Phi) is 2.81.